The molecular weight excluding hydrogens is 284 g/mol. The van der Waals surface area contributed by atoms with Crippen molar-refractivity contribution in [3.05, 3.63) is 29.8 Å². The molecular formula is C16H26N2O2S. The van der Waals surface area contributed by atoms with Gasteiger partial charge in [-0.25, -0.2) is 13.1 Å². The molecule has 21 heavy (non-hydrogen) atoms. The highest BCUT2D eigenvalue weighted by Crippen LogP contribution is 2.24. The third-order valence-corrected chi connectivity index (χ3v) is 5.77. The van der Waals surface area contributed by atoms with Crippen LogP contribution in [-0.4, -0.2) is 28.1 Å². The lowest BCUT2D eigenvalue weighted by molar-refractivity contribution is 0.332. The molecule has 0 bridgehead atoms. The SMILES string of the molecule is CNCCc1ccc(S(=O)(=O)NC2CCC(C)CC2)cc1. The van der Waals surface area contributed by atoms with Crippen molar-refractivity contribution in [2.24, 2.45) is 5.92 Å². The predicted octanol–water partition coefficient (Wildman–Crippen LogP) is 2.31. The van der Waals surface area contributed by atoms with Gasteiger partial charge in [-0.1, -0.05) is 19.1 Å². The van der Waals surface area contributed by atoms with Crippen LogP contribution < -0.4 is 10.0 Å². The van der Waals surface area contributed by atoms with E-state index >= 15 is 0 Å². The highest BCUT2D eigenvalue weighted by atomic mass is 32.2. The van der Waals surface area contributed by atoms with Crippen molar-refractivity contribution in [2.75, 3.05) is 13.6 Å². The maximum absolute atomic E-state index is 12.4. The summed E-state index contributed by atoms with van der Waals surface area (Å²) in [7, 11) is -1.47. The highest BCUT2D eigenvalue weighted by Gasteiger charge is 2.23. The summed E-state index contributed by atoms with van der Waals surface area (Å²) in [4.78, 5) is 0.370. The van der Waals surface area contributed by atoms with Gasteiger partial charge in [0.15, 0.2) is 0 Å². The van der Waals surface area contributed by atoms with Crippen molar-refractivity contribution in [3.8, 4) is 0 Å². The molecule has 0 aliphatic heterocycles. The summed E-state index contributed by atoms with van der Waals surface area (Å²) in [6, 6.07) is 7.30. The topological polar surface area (TPSA) is 58.2 Å². The zero-order valence-electron chi connectivity index (χ0n) is 12.9. The van der Waals surface area contributed by atoms with Crippen LogP contribution in [0.5, 0.6) is 0 Å². The molecule has 1 aromatic rings. The van der Waals surface area contributed by atoms with E-state index in [2.05, 4.69) is 17.0 Å². The van der Waals surface area contributed by atoms with E-state index in [0.29, 0.717) is 4.90 Å². The molecule has 2 N–H and O–H groups in total. The Labute approximate surface area is 128 Å². The molecule has 0 unspecified atom stereocenters. The number of likely N-dealkylation sites (N-methyl/N-ethyl adjacent to an activating group) is 1. The Morgan fingerprint density at radius 2 is 1.71 bits per heavy atom. The van der Waals surface area contributed by atoms with Crippen LogP contribution in [0.3, 0.4) is 0 Å². The van der Waals surface area contributed by atoms with Gasteiger partial charge in [0.25, 0.3) is 0 Å². The van der Waals surface area contributed by atoms with Crippen molar-refractivity contribution >= 4 is 10.0 Å². The first kappa shape index (κ1) is 16.5. The number of sulfonamides is 1. The van der Waals surface area contributed by atoms with Crippen molar-refractivity contribution in [3.63, 3.8) is 0 Å². The molecule has 5 heteroatoms. The summed E-state index contributed by atoms with van der Waals surface area (Å²) in [6.45, 7) is 3.12. The summed E-state index contributed by atoms with van der Waals surface area (Å²) < 4.78 is 27.6. The third-order valence-electron chi connectivity index (χ3n) is 4.24. The second-order valence-corrected chi connectivity index (χ2v) is 7.79. The lowest BCUT2D eigenvalue weighted by Crippen LogP contribution is -2.37. The van der Waals surface area contributed by atoms with Crippen LogP contribution in [0.15, 0.2) is 29.2 Å². The van der Waals surface area contributed by atoms with E-state index in [1.807, 2.05) is 19.2 Å². The van der Waals surface area contributed by atoms with Crippen LogP contribution in [0.2, 0.25) is 0 Å². The van der Waals surface area contributed by atoms with Crippen molar-refractivity contribution < 1.29 is 8.42 Å². The Kier molecular flexibility index (Phi) is 5.79. The number of nitrogens with one attached hydrogen (secondary N) is 2. The van der Waals surface area contributed by atoms with Crippen LogP contribution in [0.25, 0.3) is 0 Å². The molecule has 1 saturated carbocycles. The van der Waals surface area contributed by atoms with E-state index in [9.17, 15) is 8.42 Å². The van der Waals surface area contributed by atoms with Gasteiger partial charge >= 0.3 is 0 Å². The summed E-state index contributed by atoms with van der Waals surface area (Å²) in [5.41, 5.74) is 1.15. The molecule has 1 aliphatic rings. The minimum atomic E-state index is -3.38. The van der Waals surface area contributed by atoms with Gasteiger partial charge in [0.1, 0.15) is 0 Å². The number of hydrogen-bond acceptors (Lipinski definition) is 3. The first-order chi connectivity index (χ1) is 10.0. The van der Waals surface area contributed by atoms with Crippen molar-refractivity contribution in [1.29, 1.82) is 0 Å². The molecule has 1 aromatic carbocycles. The minimum Gasteiger partial charge on any atom is -0.319 e. The van der Waals surface area contributed by atoms with Crippen LogP contribution in [0, 0.1) is 5.92 Å². The van der Waals surface area contributed by atoms with Crippen LogP contribution >= 0.6 is 0 Å². The normalized spacial score (nSPS) is 23.1. The standard InChI is InChI=1S/C16H26N2O2S/c1-13-3-7-15(8-4-13)18-21(19,20)16-9-5-14(6-10-16)11-12-17-2/h5-6,9-10,13,15,17-18H,3-4,7-8,11-12H2,1-2H3. The molecule has 0 spiro atoms. The molecule has 1 fully saturated rings. The maximum atomic E-state index is 12.4. The fourth-order valence-corrected chi connectivity index (χ4v) is 4.08. The quantitative estimate of drug-likeness (QED) is 0.847. The van der Waals surface area contributed by atoms with Crippen LogP contribution in [0.1, 0.15) is 38.2 Å². The Bertz CT molecular complexity index is 532. The average Bonchev–Trinajstić information content (AvgIpc) is 2.48. The molecule has 0 heterocycles. The van der Waals surface area contributed by atoms with Crippen LogP contribution in [0.4, 0.5) is 0 Å². The number of rotatable bonds is 6. The third kappa shape index (κ3) is 4.80. The fraction of sp³-hybridized carbons (Fsp3) is 0.625. The van der Waals surface area contributed by atoms with E-state index in [4.69, 9.17) is 0 Å². The second-order valence-electron chi connectivity index (χ2n) is 6.08. The molecule has 0 saturated heterocycles. The lowest BCUT2D eigenvalue weighted by Gasteiger charge is -2.26. The molecule has 118 valence electrons. The average molecular weight is 310 g/mol. The molecule has 4 nitrogen and oxygen atoms in total. The van der Waals surface area contributed by atoms with Gasteiger partial charge in [-0.3, -0.25) is 0 Å². The molecule has 0 atom stereocenters. The largest absolute Gasteiger partial charge is 0.319 e. The second kappa shape index (κ2) is 7.38. The summed E-state index contributed by atoms with van der Waals surface area (Å²) in [5.74, 6) is 0.720. The van der Waals surface area contributed by atoms with Gasteiger partial charge in [0, 0.05) is 6.04 Å². The lowest BCUT2D eigenvalue weighted by atomic mass is 9.88. The summed E-state index contributed by atoms with van der Waals surface area (Å²) in [6.07, 6.45) is 5.01. The number of benzene rings is 1. The molecule has 1 aliphatic carbocycles. The van der Waals surface area contributed by atoms with E-state index in [0.717, 1.165) is 50.1 Å². The Morgan fingerprint density at radius 3 is 2.29 bits per heavy atom. The van der Waals surface area contributed by atoms with Gasteiger partial charge in [0.2, 0.25) is 10.0 Å². The van der Waals surface area contributed by atoms with Gasteiger partial charge in [-0.15, -0.1) is 0 Å². The molecule has 2 rings (SSSR count). The van der Waals surface area contributed by atoms with Crippen molar-refractivity contribution in [2.45, 2.75) is 50.0 Å². The van der Waals surface area contributed by atoms with Crippen molar-refractivity contribution in [1.82, 2.24) is 10.0 Å². The highest BCUT2D eigenvalue weighted by molar-refractivity contribution is 7.89. The molecule has 0 aromatic heterocycles. The predicted molar refractivity (Wildman–Crippen MR) is 85.8 cm³/mol. The first-order valence-corrected chi connectivity index (χ1v) is 9.25. The van der Waals surface area contributed by atoms with Gasteiger partial charge in [-0.2, -0.15) is 0 Å². The Balaban J connectivity index is 1.98. The Morgan fingerprint density at radius 1 is 1.10 bits per heavy atom. The zero-order chi connectivity index (χ0) is 15.3. The smallest absolute Gasteiger partial charge is 0.240 e. The Hall–Kier alpha value is -0.910. The zero-order valence-corrected chi connectivity index (χ0v) is 13.7. The van der Waals surface area contributed by atoms with E-state index in [1.54, 1.807) is 12.1 Å². The van der Waals surface area contributed by atoms with E-state index in [1.165, 1.54) is 0 Å². The van der Waals surface area contributed by atoms with E-state index in [-0.39, 0.29) is 6.04 Å². The summed E-state index contributed by atoms with van der Waals surface area (Å²) >= 11 is 0. The first-order valence-electron chi connectivity index (χ1n) is 7.77. The van der Waals surface area contributed by atoms with Gasteiger partial charge in [0.05, 0.1) is 4.90 Å². The maximum Gasteiger partial charge on any atom is 0.240 e. The monoisotopic (exact) mass is 310 g/mol. The minimum absolute atomic E-state index is 0.0927. The fourth-order valence-electron chi connectivity index (χ4n) is 2.77. The molecule has 0 amide bonds. The number of hydrogen-bond donors (Lipinski definition) is 2. The molecule has 0 radical (unpaired) electrons. The van der Waals surface area contributed by atoms with Gasteiger partial charge in [-0.05, 0) is 69.3 Å². The van der Waals surface area contributed by atoms with Gasteiger partial charge < -0.3 is 5.32 Å². The van der Waals surface area contributed by atoms with Crippen LogP contribution in [-0.2, 0) is 16.4 Å². The summed E-state index contributed by atoms with van der Waals surface area (Å²) in [5, 5.41) is 3.09. The van der Waals surface area contributed by atoms with E-state index < -0.39 is 10.0 Å².